The van der Waals surface area contributed by atoms with Crippen LogP contribution in [0.2, 0.25) is 0 Å². The highest BCUT2D eigenvalue weighted by molar-refractivity contribution is 8.24. The first-order valence-electron chi connectivity index (χ1n) is 5.08. The van der Waals surface area contributed by atoms with E-state index in [0.29, 0.717) is 0 Å². The Morgan fingerprint density at radius 1 is 1.67 bits per heavy atom. The van der Waals surface area contributed by atoms with Crippen molar-refractivity contribution in [3.05, 3.63) is 0 Å². The smallest absolute Gasteiger partial charge is 0.153 e. The summed E-state index contributed by atoms with van der Waals surface area (Å²) in [5.74, 6) is 0.548. The monoisotopic (exact) mass is 265 g/mol. The minimum Gasteiger partial charge on any atom is -0.350 e. The lowest BCUT2D eigenvalue weighted by Gasteiger charge is -2.34. The molecule has 0 unspecified atom stereocenters. The first-order chi connectivity index (χ1) is 6.89. The number of thiocarbonyl (C=S) groups is 1. The van der Waals surface area contributed by atoms with E-state index >= 15 is 0 Å². The Labute approximate surface area is 101 Å². The second-order valence-corrected chi connectivity index (χ2v) is 8.38. The van der Waals surface area contributed by atoms with Crippen LogP contribution in [0.25, 0.3) is 0 Å². The Morgan fingerprint density at radius 3 is 2.93 bits per heavy atom. The molecule has 6 heteroatoms. The van der Waals surface area contributed by atoms with Gasteiger partial charge in [-0.05, 0) is 13.3 Å². The minimum absolute atomic E-state index is 0.140. The molecule has 0 aromatic rings. The molecular weight excluding hydrogens is 250 g/mol. The Balaban J connectivity index is 2.31. The number of nitrogens with zero attached hydrogens (tertiary/aromatic N) is 1. The molecule has 86 valence electrons. The normalized spacial score (nSPS) is 38.4. The van der Waals surface area contributed by atoms with Crippen LogP contribution in [0.15, 0.2) is 0 Å². The molecule has 2 heterocycles. The van der Waals surface area contributed by atoms with Gasteiger partial charge < -0.3 is 4.90 Å². The average Bonchev–Trinajstić information content (AvgIpc) is 2.42. The van der Waals surface area contributed by atoms with Gasteiger partial charge in [-0.1, -0.05) is 30.9 Å². The first kappa shape index (κ1) is 11.7. The highest BCUT2D eigenvalue weighted by Gasteiger charge is 2.56. The molecule has 2 rings (SSSR count). The molecule has 0 aromatic heterocycles. The van der Waals surface area contributed by atoms with Gasteiger partial charge >= 0.3 is 0 Å². The topological polar surface area (TPSA) is 37.4 Å². The highest BCUT2D eigenvalue weighted by atomic mass is 32.2. The largest absolute Gasteiger partial charge is 0.350 e. The zero-order valence-electron chi connectivity index (χ0n) is 8.89. The van der Waals surface area contributed by atoms with E-state index in [0.717, 1.165) is 17.3 Å². The van der Waals surface area contributed by atoms with Crippen molar-refractivity contribution in [2.75, 3.05) is 18.1 Å². The molecule has 0 amide bonds. The van der Waals surface area contributed by atoms with Crippen molar-refractivity contribution in [1.29, 1.82) is 0 Å². The van der Waals surface area contributed by atoms with Crippen molar-refractivity contribution in [3.8, 4) is 0 Å². The lowest BCUT2D eigenvalue weighted by Crippen LogP contribution is -2.49. The lowest BCUT2D eigenvalue weighted by molar-refractivity contribution is 0.246. The van der Waals surface area contributed by atoms with Crippen LogP contribution in [0.3, 0.4) is 0 Å². The summed E-state index contributed by atoms with van der Waals surface area (Å²) in [6.45, 7) is 4.99. The molecule has 0 spiro atoms. The third kappa shape index (κ3) is 1.80. The molecule has 2 aliphatic heterocycles. The summed E-state index contributed by atoms with van der Waals surface area (Å²) in [6.07, 6.45) is 1.00. The van der Waals surface area contributed by atoms with Crippen LogP contribution < -0.4 is 0 Å². The minimum atomic E-state index is -2.86. The van der Waals surface area contributed by atoms with Crippen molar-refractivity contribution in [2.24, 2.45) is 0 Å². The van der Waals surface area contributed by atoms with Crippen LogP contribution in [0.5, 0.6) is 0 Å². The van der Waals surface area contributed by atoms with Gasteiger partial charge in [-0.25, -0.2) is 8.42 Å². The maximum Gasteiger partial charge on any atom is 0.153 e. The third-order valence-corrected chi connectivity index (χ3v) is 7.10. The quantitative estimate of drug-likeness (QED) is 0.703. The molecule has 0 aliphatic carbocycles. The highest BCUT2D eigenvalue weighted by Crippen LogP contribution is 2.45. The molecular formula is C9H15NO2S3. The van der Waals surface area contributed by atoms with Gasteiger partial charge in [0.2, 0.25) is 0 Å². The Bertz CT molecular complexity index is 392. The molecule has 2 atom stereocenters. The van der Waals surface area contributed by atoms with Gasteiger partial charge in [0.05, 0.1) is 17.0 Å². The van der Waals surface area contributed by atoms with Crippen molar-refractivity contribution in [2.45, 2.75) is 31.1 Å². The van der Waals surface area contributed by atoms with Crippen LogP contribution in [0.4, 0.5) is 0 Å². The summed E-state index contributed by atoms with van der Waals surface area (Å²) >= 11 is 6.86. The standard InChI is InChI=1S/C9H15NO2S3/c1-3-4-10-8(13)14-7-5-15(11,12)6-9(7,10)2/h7H,3-6H2,1-2H3/t7-,9+/m1/s1. The predicted octanol–water partition coefficient (Wildman–Crippen LogP) is 1.29. The van der Waals surface area contributed by atoms with Gasteiger partial charge in [0.15, 0.2) is 9.84 Å². The van der Waals surface area contributed by atoms with Crippen LogP contribution in [0, 0.1) is 0 Å². The van der Waals surface area contributed by atoms with Crippen molar-refractivity contribution in [3.63, 3.8) is 0 Å². The molecule has 0 radical (unpaired) electrons. The van der Waals surface area contributed by atoms with E-state index in [9.17, 15) is 8.42 Å². The second kappa shape index (κ2) is 3.60. The summed E-state index contributed by atoms with van der Waals surface area (Å²) in [6, 6.07) is 0. The molecule has 2 fully saturated rings. The maximum absolute atomic E-state index is 11.6. The van der Waals surface area contributed by atoms with Gasteiger partial charge in [-0.3, -0.25) is 0 Å². The molecule has 15 heavy (non-hydrogen) atoms. The average molecular weight is 265 g/mol. The SMILES string of the molecule is CCCN1C(=S)S[C@@H]2CS(=O)(=O)C[C@@]21C. The van der Waals surface area contributed by atoms with Crippen LogP contribution in [0.1, 0.15) is 20.3 Å². The Kier molecular flexibility index (Phi) is 2.80. The number of hydrogen-bond acceptors (Lipinski definition) is 4. The number of fused-ring (bicyclic) bond motifs is 1. The predicted molar refractivity (Wildman–Crippen MR) is 68.0 cm³/mol. The van der Waals surface area contributed by atoms with Gasteiger partial charge in [0.25, 0.3) is 0 Å². The molecule has 0 N–H and O–H groups in total. The van der Waals surface area contributed by atoms with Gasteiger partial charge in [-0.2, -0.15) is 0 Å². The number of hydrogen-bond donors (Lipinski definition) is 0. The van der Waals surface area contributed by atoms with Crippen LogP contribution in [-0.2, 0) is 9.84 Å². The number of rotatable bonds is 2. The van der Waals surface area contributed by atoms with Gasteiger partial charge in [-0.15, -0.1) is 0 Å². The van der Waals surface area contributed by atoms with Crippen molar-refractivity contribution < 1.29 is 8.42 Å². The molecule has 3 nitrogen and oxygen atoms in total. The van der Waals surface area contributed by atoms with Crippen LogP contribution in [-0.4, -0.2) is 46.5 Å². The molecule has 0 bridgehead atoms. The van der Waals surface area contributed by atoms with E-state index in [-0.39, 0.29) is 22.3 Å². The van der Waals surface area contributed by atoms with Crippen molar-refractivity contribution >= 4 is 38.1 Å². The third-order valence-electron chi connectivity index (χ3n) is 3.14. The van der Waals surface area contributed by atoms with E-state index < -0.39 is 9.84 Å². The van der Waals surface area contributed by atoms with Gasteiger partial charge in [0.1, 0.15) is 4.32 Å². The first-order valence-corrected chi connectivity index (χ1v) is 8.18. The zero-order chi connectivity index (χ0) is 11.3. The summed E-state index contributed by atoms with van der Waals surface area (Å²) in [5, 5.41) is 0.140. The number of sulfone groups is 1. The fourth-order valence-electron chi connectivity index (χ4n) is 2.38. The molecule has 2 saturated heterocycles. The molecule has 0 aromatic carbocycles. The summed E-state index contributed by atoms with van der Waals surface area (Å²) in [4.78, 5) is 2.11. The fourth-order valence-corrected chi connectivity index (χ4v) is 7.35. The summed E-state index contributed by atoms with van der Waals surface area (Å²) in [5.41, 5.74) is -0.253. The summed E-state index contributed by atoms with van der Waals surface area (Å²) < 4.78 is 24.1. The maximum atomic E-state index is 11.6. The fraction of sp³-hybridized carbons (Fsp3) is 0.889. The van der Waals surface area contributed by atoms with Crippen molar-refractivity contribution in [1.82, 2.24) is 4.90 Å². The van der Waals surface area contributed by atoms with E-state index in [4.69, 9.17) is 12.2 Å². The summed E-state index contributed by atoms with van der Waals surface area (Å²) in [7, 11) is -2.86. The van der Waals surface area contributed by atoms with Gasteiger partial charge in [0, 0.05) is 11.8 Å². The Morgan fingerprint density at radius 2 is 2.33 bits per heavy atom. The van der Waals surface area contributed by atoms with E-state index in [1.807, 2.05) is 6.92 Å². The lowest BCUT2D eigenvalue weighted by atomic mass is 9.99. The van der Waals surface area contributed by atoms with Crippen LogP contribution >= 0.6 is 24.0 Å². The molecule has 2 aliphatic rings. The number of thioether (sulfide) groups is 1. The van der Waals surface area contributed by atoms with E-state index in [2.05, 4.69) is 11.8 Å². The van der Waals surface area contributed by atoms with E-state index in [1.54, 1.807) is 11.8 Å². The van der Waals surface area contributed by atoms with E-state index in [1.165, 1.54) is 0 Å². The Hall–Kier alpha value is 0.190. The second-order valence-electron chi connectivity index (χ2n) is 4.44. The zero-order valence-corrected chi connectivity index (χ0v) is 11.3. The molecule has 0 saturated carbocycles.